The van der Waals surface area contributed by atoms with Gasteiger partial charge in [0, 0.05) is 24.5 Å². The molecule has 0 amide bonds. The summed E-state index contributed by atoms with van der Waals surface area (Å²) in [6.45, 7) is 4.87. The highest BCUT2D eigenvalue weighted by molar-refractivity contribution is 7.98. The van der Waals surface area contributed by atoms with Crippen molar-refractivity contribution in [2.75, 3.05) is 19.3 Å². The van der Waals surface area contributed by atoms with Gasteiger partial charge < -0.3 is 4.52 Å². The summed E-state index contributed by atoms with van der Waals surface area (Å²) in [5.41, 5.74) is 1.36. The van der Waals surface area contributed by atoms with Crippen molar-refractivity contribution in [3.8, 4) is 0 Å². The number of hydrogen-bond donors (Lipinski definition) is 0. The molecule has 0 bridgehead atoms. The molecule has 100 valence electrons. The number of aryl methyl sites for hydroxylation is 1. The first-order valence-corrected chi connectivity index (χ1v) is 7.62. The van der Waals surface area contributed by atoms with Crippen molar-refractivity contribution in [1.82, 2.24) is 15.0 Å². The molecule has 1 aliphatic heterocycles. The number of rotatable bonds is 4. The van der Waals surface area contributed by atoms with Crippen molar-refractivity contribution in [3.63, 3.8) is 0 Å². The molecule has 1 aromatic heterocycles. The van der Waals surface area contributed by atoms with E-state index < -0.39 is 0 Å². The van der Waals surface area contributed by atoms with E-state index in [4.69, 9.17) is 4.52 Å². The maximum absolute atomic E-state index is 5.21. The molecule has 2 heterocycles. The summed E-state index contributed by atoms with van der Waals surface area (Å²) in [5, 5.41) is 3.84. The van der Waals surface area contributed by atoms with Gasteiger partial charge in [0.25, 0.3) is 0 Å². The predicted octanol–water partition coefficient (Wildman–Crippen LogP) is 2.70. The molecule has 0 unspecified atom stereocenters. The van der Waals surface area contributed by atoms with Gasteiger partial charge >= 0.3 is 0 Å². The minimum atomic E-state index is 0.409. The minimum absolute atomic E-state index is 0.409. The van der Waals surface area contributed by atoms with Crippen LogP contribution in [-0.2, 0) is 6.54 Å². The van der Waals surface area contributed by atoms with Crippen LogP contribution in [0.4, 0.5) is 0 Å². The van der Waals surface area contributed by atoms with Crippen LogP contribution in [0.3, 0.4) is 0 Å². The molecule has 1 aromatic carbocycles. The zero-order valence-corrected chi connectivity index (χ0v) is 12.0. The smallest absolute Gasteiger partial charge is 0.232 e. The second kappa shape index (κ2) is 5.35. The van der Waals surface area contributed by atoms with Crippen molar-refractivity contribution in [2.45, 2.75) is 24.3 Å². The third-order valence-electron chi connectivity index (χ3n) is 3.41. The number of nitrogens with zero attached hydrogens (tertiary/aromatic N) is 3. The van der Waals surface area contributed by atoms with Gasteiger partial charge in [-0.25, -0.2) is 0 Å². The molecule has 0 spiro atoms. The van der Waals surface area contributed by atoms with E-state index in [1.165, 1.54) is 10.5 Å². The van der Waals surface area contributed by atoms with E-state index in [2.05, 4.69) is 45.6 Å². The largest absolute Gasteiger partial charge is 0.339 e. The lowest BCUT2D eigenvalue weighted by molar-refractivity contribution is 0.117. The highest BCUT2D eigenvalue weighted by Gasteiger charge is 2.32. The van der Waals surface area contributed by atoms with Crippen molar-refractivity contribution < 1.29 is 4.52 Å². The first-order valence-electron chi connectivity index (χ1n) is 6.40. The van der Waals surface area contributed by atoms with Crippen LogP contribution < -0.4 is 0 Å². The fraction of sp³-hybridized carbons (Fsp3) is 0.429. The maximum atomic E-state index is 5.21. The standard InChI is InChI=1S/C14H17N3OS/c1-10-15-14(18-16-10)12-8-17(9-12)7-11-3-5-13(19-2)6-4-11/h3-6,12H,7-9H2,1-2H3. The molecule has 1 fully saturated rings. The molecule has 5 heteroatoms. The highest BCUT2D eigenvalue weighted by atomic mass is 32.2. The zero-order chi connectivity index (χ0) is 13.2. The fourth-order valence-corrected chi connectivity index (χ4v) is 2.73. The summed E-state index contributed by atoms with van der Waals surface area (Å²) < 4.78 is 5.21. The van der Waals surface area contributed by atoms with E-state index in [1.807, 2.05) is 6.92 Å². The molecule has 4 nitrogen and oxygen atoms in total. The molecule has 3 rings (SSSR count). The van der Waals surface area contributed by atoms with Gasteiger partial charge in [-0.15, -0.1) is 11.8 Å². The van der Waals surface area contributed by atoms with E-state index in [-0.39, 0.29) is 0 Å². The molecule has 2 aromatic rings. The quantitative estimate of drug-likeness (QED) is 0.803. The number of hydrogen-bond acceptors (Lipinski definition) is 5. The third kappa shape index (κ3) is 2.82. The monoisotopic (exact) mass is 275 g/mol. The topological polar surface area (TPSA) is 42.2 Å². The Balaban J connectivity index is 1.53. The normalized spacial score (nSPS) is 16.5. The van der Waals surface area contributed by atoms with Crippen LogP contribution in [-0.4, -0.2) is 34.4 Å². The Morgan fingerprint density at radius 3 is 2.63 bits per heavy atom. The Morgan fingerprint density at radius 1 is 1.32 bits per heavy atom. The van der Waals surface area contributed by atoms with E-state index in [1.54, 1.807) is 11.8 Å². The average molecular weight is 275 g/mol. The second-order valence-electron chi connectivity index (χ2n) is 4.92. The molecular formula is C14H17N3OS. The van der Waals surface area contributed by atoms with Crippen LogP contribution in [0.1, 0.15) is 23.2 Å². The van der Waals surface area contributed by atoms with Gasteiger partial charge in [-0.1, -0.05) is 17.3 Å². The Bertz CT molecular complexity index is 546. The van der Waals surface area contributed by atoms with Crippen molar-refractivity contribution in [2.24, 2.45) is 0 Å². The SMILES string of the molecule is CSc1ccc(CN2CC(c3nc(C)no3)C2)cc1. The molecule has 1 saturated heterocycles. The lowest BCUT2D eigenvalue weighted by Crippen LogP contribution is -2.44. The number of thioether (sulfide) groups is 1. The van der Waals surface area contributed by atoms with E-state index >= 15 is 0 Å². The lowest BCUT2D eigenvalue weighted by Gasteiger charge is -2.37. The van der Waals surface area contributed by atoms with Crippen LogP contribution in [0, 0.1) is 6.92 Å². The Morgan fingerprint density at radius 2 is 2.05 bits per heavy atom. The molecular weight excluding hydrogens is 258 g/mol. The highest BCUT2D eigenvalue weighted by Crippen LogP contribution is 2.27. The van der Waals surface area contributed by atoms with E-state index in [9.17, 15) is 0 Å². The minimum Gasteiger partial charge on any atom is -0.339 e. The third-order valence-corrected chi connectivity index (χ3v) is 4.16. The van der Waals surface area contributed by atoms with Gasteiger partial charge in [0.2, 0.25) is 5.89 Å². The van der Waals surface area contributed by atoms with E-state index in [0.29, 0.717) is 5.92 Å². The van der Waals surface area contributed by atoms with Crippen LogP contribution in [0.2, 0.25) is 0 Å². The second-order valence-corrected chi connectivity index (χ2v) is 5.80. The summed E-state index contributed by atoms with van der Waals surface area (Å²) in [4.78, 5) is 8.00. The van der Waals surface area contributed by atoms with Gasteiger partial charge in [-0.3, -0.25) is 4.90 Å². The number of benzene rings is 1. The van der Waals surface area contributed by atoms with Crippen LogP contribution in [0.15, 0.2) is 33.7 Å². The zero-order valence-electron chi connectivity index (χ0n) is 11.2. The molecule has 0 atom stereocenters. The van der Waals surface area contributed by atoms with Gasteiger partial charge in [0.15, 0.2) is 5.82 Å². The molecule has 0 N–H and O–H groups in total. The Kier molecular flexibility index (Phi) is 3.57. The van der Waals surface area contributed by atoms with Crippen molar-refractivity contribution >= 4 is 11.8 Å². The summed E-state index contributed by atoms with van der Waals surface area (Å²) in [5.74, 6) is 1.92. The molecule has 0 aliphatic carbocycles. The summed E-state index contributed by atoms with van der Waals surface area (Å²) in [6.07, 6.45) is 2.10. The number of likely N-dealkylation sites (tertiary alicyclic amines) is 1. The van der Waals surface area contributed by atoms with Gasteiger partial charge in [0.1, 0.15) is 0 Å². The Hall–Kier alpha value is -1.33. The molecule has 19 heavy (non-hydrogen) atoms. The van der Waals surface area contributed by atoms with Crippen LogP contribution in [0.25, 0.3) is 0 Å². The predicted molar refractivity (Wildman–Crippen MR) is 75.3 cm³/mol. The average Bonchev–Trinajstić information content (AvgIpc) is 2.80. The molecule has 0 radical (unpaired) electrons. The molecule has 0 saturated carbocycles. The molecule has 1 aliphatic rings. The van der Waals surface area contributed by atoms with Gasteiger partial charge in [0.05, 0.1) is 5.92 Å². The summed E-state index contributed by atoms with van der Waals surface area (Å²) in [6, 6.07) is 8.77. The summed E-state index contributed by atoms with van der Waals surface area (Å²) >= 11 is 1.77. The maximum Gasteiger partial charge on any atom is 0.232 e. The van der Waals surface area contributed by atoms with Gasteiger partial charge in [-0.2, -0.15) is 4.98 Å². The first-order chi connectivity index (χ1) is 9.24. The first kappa shape index (κ1) is 12.7. The lowest BCUT2D eigenvalue weighted by atomic mass is 9.99. The van der Waals surface area contributed by atoms with Crippen LogP contribution in [0.5, 0.6) is 0 Å². The van der Waals surface area contributed by atoms with E-state index in [0.717, 1.165) is 31.3 Å². The van der Waals surface area contributed by atoms with Crippen molar-refractivity contribution in [1.29, 1.82) is 0 Å². The summed E-state index contributed by atoms with van der Waals surface area (Å²) in [7, 11) is 0. The Labute approximate surface area is 117 Å². The number of aromatic nitrogens is 2. The fourth-order valence-electron chi connectivity index (χ4n) is 2.32. The van der Waals surface area contributed by atoms with Crippen LogP contribution >= 0.6 is 11.8 Å². The van der Waals surface area contributed by atoms with Gasteiger partial charge in [-0.05, 0) is 30.9 Å². The van der Waals surface area contributed by atoms with Crippen molar-refractivity contribution in [3.05, 3.63) is 41.5 Å².